The summed E-state index contributed by atoms with van der Waals surface area (Å²) in [6, 6.07) is 4.20. The fourth-order valence-electron chi connectivity index (χ4n) is 2.50. The van der Waals surface area contributed by atoms with E-state index in [2.05, 4.69) is 31.5 Å². The zero-order valence-electron chi connectivity index (χ0n) is 11.0. The first-order valence-electron chi connectivity index (χ1n) is 6.47. The van der Waals surface area contributed by atoms with Crippen LogP contribution in [0.5, 0.6) is 0 Å². The van der Waals surface area contributed by atoms with Crippen LogP contribution >= 0.6 is 15.9 Å². The Bertz CT molecular complexity index is 699. The highest BCUT2D eigenvalue weighted by Gasteiger charge is 2.45. The number of carboxylic acid groups (broad SMARTS) is 1. The predicted molar refractivity (Wildman–Crippen MR) is 74.8 cm³/mol. The number of carbonyl (C=O) groups is 1. The fraction of sp³-hybridized carbons (Fsp3) is 0.385. The van der Waals surface area contributed by atoms with Crippen LogP contribution in [0.1, 0.15) is 19.3 Å². The van der Waals surface area contributed by atoms with E-state index in [-0.39, 0.29) is 12.4 Å². The Kier molecular flexibility index (Phi) is 3.48. The van der Waals surface area contributed by atoms with Gasteiger partial charge >= 0.3 is 5.97 Å². The third kappa shape index (κ3) is 2.44. The zero-order valence-corrected chi connectivity index (χ0v) is 12.5. The first-order valence-corrected chi connectivity index (χ1v) is 7.26. The molecule has 0 bridgehead atoms. The summed E-state index contributed by atoms with van der Waals surface area (Å²) in [6.07, 6.45) is 2.13. The number of halogens is 2. The van der Waals surface area contributed by atoms with E-state index in [0.717, 1.165) is 6.42 Å². The second kappa shape index (κ2) is 5.18. The summed E-state index contributed by atoms with van der Waals surface area (Å²) in [4.78, 5) is 11.4. The van der Waals surface area contributed by atoms with E-state index in [1.807, 2.05) is 0 Å². The maximum Gasteiger partial charge on any atom is 0.311 e. The van der Waals surface area contributed by atoms with E-state index < -0.39 is 11.4 Å². The van der Waals surface area contributed by atoms with Gasteiger partial charge in [0.2, 0.25) is 0 Å². The van der Waals surface area contributed by atoms with Crippen LogP contribution in [-0.4, -0.2) is 31.3 Å². The number of rotatable bonds is 4. The summed E-state index contributed by atoms with van der Waals surface area (Å²) < 4.78 is 15.2. The molecule has 1 fully saturated rings. The summed E-state index contributed by atoms with van der Waals surface area (Å²) in [7, 11) is 0. The van der Waals surface area contributed by atoms with Gasteiger partial charge < -0.3 is 5.11 Å². The van der Waals surface area contributed by atoms with Crippen molar-refractivity contribution in [1.29, 1.82) is 0 Å². The molecule has 0 saturated heterocycles. The summed E-state index contributed by atoms with van der Waals surface area (Å²) in [5, 5.41) is 20.8. The highest BCUT2D eigenvalue weighted by molar-refractivity contribution is 9.10. The third-order valence-electron chi connectivity index (χ3n) is 3.92. The van der Waals surface area contributed by atoms with Crippen molar-refractivity contribution in [1.82, 2.24) is 20.2 Å². The van der Waals surface area contributed by atoms with Gasteiger partial charge in [0.05, 0.1) is 12.0 Å². The molecule has 0 spiro atoms. The van der Waals surface area contributed by atoms with E-state index in [1.54, 1.807) is 6.07 Å². The average Bonchev–Trinajstić information content (AvgIpc) is 2.81. The number of aliphatic carboxylic acids is 1. The highest BCUT2D eigenvalue weighted by atomic mass is 79.9. The van der Waals surface area contributed by atoms with Gasteiger partial charge in [-0.25, -0.2) is 9.07 Å². The maximum absolute atomic E-state index is 13.2. The lowest BCUT2D eigenvalue weighted by molar-refractivity contribution is -0.156. The van der Waals surface area contributed by atoms with Crippen LogP contribution < -0.4 is 0 Å². The number of carboxylic acids is 1. The molecule has 2 aromatic rings. The first kappa shape index (κ1) is 14.1. The molecular formula is C13H12BrFN4O2. The molecule has 1 aliphatic carbocycles. The number of hydrogen-bond acceptors (Lipinski definition) is 4. The molecule has 0 unspecified atom stereocenters. The molecule has 0 atom stereocenters. The van der Waals surface area contributed by atoms with Crippen molar-refractivity contribution in [2.45, 2.75) is 25.8 Å². The first-order chi connectivity index (χ1) is 10.0. The van der Waals surface area contributed by atoms with Gasteiger partial charge in [-0.3, -0.25) is 4.79 Å². The van der Waals surface area contributed by atoms with E-state index in [0.29, 0.717) is 28.7 Å². The summed E-state index contributed by atoms with van der Waals surface area (Å²) in [6.45, 7) is 0.217. The highest BCUT2D eigenvalue weighted by Crippen LogP contribution is 2.43. The molecule has 1 heterocycles. The molecule has 1 aromatic carbocycles. The molecule has 110 valence electrons. The Labute approximate surface area is 128 Å². The molecule has 3 rings (SSSR count). The van der Waals surface area contributed by atoms with Crippen molar-refractivity contribution in [3.63, 3.8) is 0 Å². The molecule has 8 heteroatoms. The SMILES string of the molecule is O=C(O)C1(Cn2nnnc2-c2ccc(F)cc2Br)CCC1. The van der Waals surface area contributed by atoms with Crippen LogP contribution in [-0.2, 0) is 11.3 Å². The largest absolute Gasteiger partial charge is 0.481 e. The van der Waals surface area contributed by atoms with Crippen molar-refractivity contribution in [3.8, 4) is 11.4 Å². The van der Waals surface area contributed by atoms with Gasteiger partial charge in [-0.2, -0.15) is 0 Å². The molecule has 0 amide bonds. The third-order valence-corrected chi connectivity index (χ3v) is 4.58. The van der Waals surface area contributed by atoms with Gasteiger partial charge in [-0.15, -0.1) is 5.10 Å². The van der Waals surface area contributed by atoms with Crippen molar-refractivity contribution < 1.29 is 14.3 Å². The van der Waals surface area contributed by atoms with Crippen LogP contribution in [0.3, 0.4) is 0 Å². The Morgan fingerprint density at radius 1 is 1.48 bits per heavy atom. The lowest BCUT2D eigenvalue weighted by Gasteiger charge is -2.37. The number of hydrogen-bond donors (Lipinski definition) is 1. The van der Waals surface area contributed by atoms with Crippen LogP contribution in [0, 0.1) is 11.2 Å². The normalized spacial score (nSPS) is 16.5. The van der Waals surface area contributed by atoms with Crippen LogP contribution in [0.15, 0.2) is 22.7 Å². The van der Waals surface area contributed by atoms with Crippen molar-refractivity contribution >= 4 is 21.9 Å². The van der Waals surface area contributed by atoms with E-state index in [9.17, 15) is 14.3 Å². The van der Waals surface area contributed by atoms with E-state index in [1.165, 1.54) is 16.8 Å². The molecule has 1 saturated carbocycles. The van der Waals surface area contributed by atoms with Crippen LogP contribution in [0.2, 0.25) is 0 Å². The summed E-state index contributed by atoms with van der Waals surface area (Å²) >= 11 is 3.28. The number of tetrazole rings is 1. The molecule has 0 aliphatic heterocycles. The molecule has 21 heavy (non-hydrogen) atoms. The standard InChI is InChI=1S/C13H12BrFN4O2/c14-10-6-8(15)2-3-9(10)11-16-17-18-19(11)7-13(12(20)21)4-1-5-13/h2-3,6H,1,4-5,7H2,(H,20,21). The Morgan fingerprint density at radius 2 is 2.24 bits per heavy atom. The molecular weight excluding hydrogens is 343 g/mol. The minimum Gasteiger partial charge on any atom is -0.481 e. The van der Waals surface area contributed by atoms with Gasteiger partial charge in [0.25, 0.3) is 0 Å². The van der Waals surface area contributed by atoms with Gasteiger partial charge in [-0.1, -0.05) is 6.42 Å². The predicted octanol–water partition coefficient (Wildman–Crippen LogP) is 2.50. The van der Waals surface area contributed by atoms with Gasteiger partial charge in [0.1, 0.15) is 5.82 Å². The number of aromatic nitrogens is 4. The van der Waals surface area contributed by atoms with Crippen molar-refractivity contribution in [3.05, 3.63) is 28.5 Å². The molecule has 1 aromatic heterocycles. The Balaban J connectivity index is 1.96. The van der Waals surface area contributed by atoms with Gasteiger partial charge in [0, 0.05) is 10.0 Å². The number of benzene rings is 1. The van der Waals surface area contributed by atoms with Crippen LogP contribution in [0.25, 0.3) is 11.4 Å². The molecule has 1 aliphatic rings. The van der Waals surface area contributed by atoms with E-state index >= 15 is 0 Å². The second-order valence-corrected chi connectivity index (χ2v) is 6.08. The van der Waals surface area contributed by atoms with Crippen LogP contribution in [0.4, 0.5) is 4.39 Å². The van der Waals surface area contributed by atoms with Gasteiger partial charge in [-0.05, 0) is 57.4 Å². The van der Waals surface area contributed by atoms with E-state index in [4.69, 9.17) is 0 Å². The minimum atomic E-state index is -0.826. The lowest BCUT2D eigenvalue weighted by atomic mass is 9.69. The zero-order chi connectivity index (χ0) is 15.0. The summed E-state index contributed by atoms with van der Waals surface area (Å²) in [5.74, 6) is -0.770. The summed E-state index contributed by atoms with van der Waals surface area (Å²) in [5.41, 5.74) is -0.169. The minimum absolute atomic E-state index is 0.217. The van der Waals surface area contributed by atoms with Gasteiger partial charge in [0.15, 0.2) is 5.82 Å². The molecule has 1 N–H and O–H groups in total. The average molecular weight is 355 g/mol. The smallest absolute Gasteiger partial charge is 0.311 e. The lowest BCUT2D eigenvalue weighted by Crippen LogP contribution is -2.42. The monoisotopic (exact) mass is 354 g/mol. The Morgan fingerprint density at radius 3 is 2.81 bits per heavy atom. The van der Waals surface area contributed by atoms with Crippen molar-refractivity contribution in [2.75, 3.05) is 0 Å². The van der Waals surface area contributed by atoms with Crippen molar-refractivity contribution in [2.24, 2.45) is 5.41 Å². The quantitative estimate of drug-likeness (QED) is 0.912. The topological polar surface area (TPSA) is 80.9 Å². The Hall–Kier alpha value is -1.83. The molecule has 6 nitrogen and oxygen atoms in total. The second-order valence-electron chi connectivity index (χ2n) is 5.22. The number of nitrogens with zero attached hydrogens (tertiary/aromatic N) is 4. The maximum atomic E-state index is 13.2. The molecule has 0 radical (unpaired) electrons. The fourth-order valence-corrected chi connectivity index (χ4v) is 3.03.